The third-order valence-electron chi connectivity index (χ3n) is 3.50. The summed E-state index contributed by atoms with van der Waals surface area (Å²) in [4.78, 5) is 1.98. The van der Waals surface area contributed by atoms with Crippen molar-refractivity contribution in [1.29, 1.82) is 0 Å². The zero-order chi connectivity index (χ0) is 14.0. The molecule has 0 saturated carbocycles. The van der Waals surface area contributed by atoms with E-state index in [2.05, 4.69) is 0 Å². The molecule has 4 nitrogen and oxygen atoms in total. The van der Waals surface area contributed by atoms with Crippen molar-refractivity contribution in [3.63, 3.8) is 0 Å². The molecule has 0 aromatic heterocycles. The van der Waals surface area contributed by atoms with Gasteiger partial charge in [-0.25, -0.2) is 8.42 Å². The first kappa shape index (κ1) is 14.5. The zero-order valence-corrected chi connectivity index (χ0v) is 12.9. The minimum Gasteiger partial charge on any atom is -0.398 e. The monoisotopic (exact) mass is 300 g/mol. The number of hydrogen-bond acceptors (Lipinski definition) is 5. The van der Waals surface area contributed by atoms with E-state index in [0.29, 0.717) is 11.4 Å². The molecule has 1 unspecified atom stereocenters. The number of sulfone groups is 1. The highest BCUT2D eigenvalue weighted by atomic mass is 32.2. The fourth-order valence-corrected chi connectivity index (χ4v) is 5.16. The molecule has 0 radical (unpaired) electrons. The molecule has 1 atom stereocenters. The molecular weight excluding hydrogens is 280 g/mol. The van der Waals surface area contributed by atoms with Gasteiger partial charge in [0, 0.05) is 35.2 Å². The van der Waals surface area contributed by atoms with E-state index in [1.807, 2.05) is 30.0 Å². The Bertz CT molecular complexity index is 558. The highest BCUT2D eigenvalue weighted by Crippen LogP contribution is 2.29. The molecule has 1 aromatic carbocycles. The maximum atomic E-state index is 12.2. The number of thioether (sulfide) groups is 1. The van der Waals surface area contributed by atoms with Gasteiger partial charge >= 0.3 is 0 Å². The van der Waals surface area contributed by atoms with Gasteiger partial charge in [-0.2, -0.15) is 11.8 Å². The van der Waals surface area contributed by atoms with E-state index in [4.69, 9.17) is 5.73 Å². The van der Waals surface area contributed by atoms with Crippen LogP contribution in [0.15, 0.2) is 18.2 Å². The van der Waals surface area contributed by atoms with Crippen molar-refractivity contribution >= 4 is 33.0 Å². The third kappa shape index (κ3) is 3.00. The Hall–Kier alpha value is -0.880. The van der Waals surface area contributed by atoms with Crippen LogP contribution in [0.5, 0.6) is 0 Å². The average molecular weight is 300 g/mol. The Kier molecular flexibility index (Phi) is 4.30. The average Bonchev–Trinajstić information content (AvgIpc) is 2.42. The third-order valence-corrected chi connectivity index (χ3v) is 6.78. The minimum atomic E-state index is -3.08. The molecule has 1 aromatic rings. The molecule has 1 aliphatic heterocycles. The fourth-order valence-electron chi connectivity index (χ4n) is 2.17. The molecule has 0 bridgehead atoms. The molecule has 0 amide bonds. The molecule has 6 heteroatoms. The Morgan fingerprint density at radius 3 is 2.84 bits per heavy atom. The van der Waals surface area contributed by atoms with E-state index < -0.39 is 15.2 Å². The Morgan fingerprint density at radius 2 is 2.21 bits per heavy atom. The Labute approximate surface area is 119 Å². The number of hydrogen-bond donors (Lipinski definition) is 1. The summed E-state index contributed by atoms with van der Waals surface area (Å²) < 4.78 is 24.4. The molecule has 1 fully saturated rings. The van der Waals surface area contributed by atoms with Crippen LogP contribution < -0.4 is 10.6 Å². The molecule has 1 saturated heterocycles. The van der Waals surface area contributed by atoms with Crippen LogP contribution in [0.2, 0.25) is 0 Å². The van der Waals surface area contributed by atoms with Crippen molar-refractivity contribution in [2.24, 2.45) is 0 Å². The van der Waals surface area contributed by atoms with Gasteiger partial charge < -0.3 is 10.6 Å². The predicted molar refractivity (Wildman–Crippen MR) is 83.5 cm³/mol. The summed E-state index contributed by atoms with van der Waals surface area (Å²) in [5.41, 5.74) is 8.57. The first-order chi connectivity index (χ1) is 8.95. The molecule has 2 rings (SSSR count). The summed E-state index contributed by atoms with van der Waals surface area (Å²) in [5, 5.41) is -0.432. The fraction of sp³-hybridized carbons (Fsp3) is 0.538. The number of rotatable bonds is 3. The van der Waals surface area contributed by atoms with Gasteiger partial charge in [0.15, 0.2) is 9.84 Å². The van der Waals surface area contributed by atoms with Gasteiger partial charge in [0.05, 0.1) is 0 Å². The molecule has 0 aliphatic carbocycles. The van der Waals surface area contributed by atoms with Gasteiger partial charge in [-0.15, -0.1) is 0 Å². The normalized spacial score (nSPS) is 20.5. The van der Waals surface area contributed by atoms with Crippen LogP contribution >= 0.6 is 11.8 Å². The Morgan fingerprint density at radius 1 is 1.47 bits per heavy atom. The van der Waals surface area contributed by atoms with Gasteiger partial charge in [0.1, 0.15) is 5.37 Å². The van der Waals surface area contributed by atoms with Crippen molar-refractivity contribution in [1.82, 2.24) is 0 Å². The molecule has 0 spiro atoms. The van der Waals surface area contributed by atoms with Crippen molar-refractivity contribution in [3.8, 4) is 0 Å². The van der Waals surface area contributed by atoms with Crippen LogP contribution in [0, 0.1) is 6.92 Å². The summed E-state index contributed by atoms with van der Waals surface area (Å²) in [5.74, 6) is 1.75. The lowest BCUT2D eigenvalue weighted by Crippen LogP contribution is -2.48. The SMILES string of the molecule is CCS(=O)(=O)C1CSCCN1c1ccc(C)c(N)c1. The summed E-state index contributed by atoms with van der Waals surface area (Å²) in [6.45, 7) is 4.40. The number of anilines is 2. The summed E-state index contributed by atoms with van der Waals surface area (Å²) >= 11 is 1.70. The van der Waals surface area contributed by atoms with E-state index in [1.165, 1.54) is 0 Å². The van der Waals surface area contributed by atoms with Crippen LogP contribution in [-0.4, -0.2) is 37.6 Å². The van der Waals surface area contributed by atoms with Gasteiger partial charge in [-0.3, -0.25) is 0 Å². The van der Waals surface area contributed by atoms with Crippen molar-refractivity contribution in [3.05, 3.63) is 23.8 Å². The maximum absolute atomic E-state index is 12.2. The van der Waals surface area contributed by atoms with Gasteiger partial charge in [0.25, 0.3) is 0 Å². The quantitative estimate of drug-likeness (QED) is 0.864. The van der Waals surface area contributed by atoms with Crippen LogP contribution in [0.1, 0.15) is 12.5 Å². The van der Waals surface area contributed by atoms with Crippen LogP contribution in [-0.2, 0) is 9.84 Å². The largest absolute Gasteiger partial charge is 0.398 e. The minimum absolute atomic E-state index is 0.177. The Balaban J connectivity index is 2.37. The van der Waals surface area contributed by atoms with E-state index in [-0.39, 0.29) is 5.75 Å². The van der Waals surface area contributed by atoms with Gasteiger partial charge in [0.2, 0.25) is 0 Å². The van der Waals surface area contributed by atoms with Crippen LogP contribution in [0.25, 0.3) is 0 Å². The van der Waals surface area contributed by atoms with Crippen molar-refractivity contribution in [2.45, 2.75) is 19.2 Å². The lowest BCUT2D eigenvalue weighted by atomic mass is 10.1. The standard InChI is InChI=1S/C13H20N2O2S2/c1-3-19(16,17)13-9-18-7-6-15(13)11-5-4-10(2)12(14)8-11/h4-5,8,13H,3,6-7,9,14H2,1-2H3. The zero-order valence-electron chi connectivity index (χ0n) is 11.3. The van der Waals surface area contributed by atoms with E-state index in [9.17, 15) is 8.42 Å². The highest BCUT2D eigenvalue weighted by Gasteiger charge is 2.33. The number of nitrogen functional groups attached to an aromatic ring is 1. The summed E-state index contributed by atoms with van der Waals surface area (Å²) in [6, 6.07) is 5.78. The second-order valence-electron chi connectivity index (χ2n) is 4.72. The topological polar surface area (TPSA) is 63.4 Å². The second-order valence-corrected chi connectivity index (χ2v) is 8.31. The van der Waals surface area contributed by atoms with E-state index in [0.717, 1.165) is 23.5 Å². The van der Waals surface area contributed by atoms with E-state index >= 15 is 0 Å². The molecule has 106 valence electrons. The molecule has 2 N–H and O–H groups in total. The summed E-state index contributed by atoms with van der Waals surface area (Å²) in [7, 11) is -3.08. The molecular formula is C13H20N2O2S2. The number of aryl methyl sites for hydroxylation is 1. The van der Waals surface area contributed by atoms with Gasteiger partial charge in [-0.05, 0) is 24.6 Å². The first-order valence-corrected chi connectivity index (χ1v) is 9.25. The van der Waals surface area contributed by atoms with Crippen LogP contribution in [0.3, 0.4) is 0 Å². The highest BCUT2D eigenvalue weighted by molar-refractivity contribution is 8.01. The van der Waals surface area contributed by atoms with E-state index in [1.54, 1.807) is 18.7 Å². The number of nitrogens with zero attached hydrogens (tertiary/aromatic N) is 1. The second kappa shape index (κ2) is 5.63. The van der Waals surface area contributed by atoms with Crippen LogP contribution in [0.4, 0.5) is 11.4 Å². The van der Waals surface area contributed by atoms with Crippen molar-refractivity contribution in [2.75, 3.05) is 34.4 Å². The molecule has 1 aliphatic rings. The number of benzene rings is 1. The number of nitrogens with two attached hydrogens (primary N) is 1. The lowest BCUT2D eigenvalue weighted by molar-refractivity contribution is 0.579. The molecule has 1 heterocycles. The van der Waals surface area contributed by atoms with Gasteiger partial charge in [-0.1, -0.05) is 13.0 Å². The predicted octanol–water partition coefficient (Wildman–Crippen LogP) is 1.89. The molecule has 19 heavy (non-hydrogen) atoms. The van der Waals surface area contributed by atoms with Crippen molar-refractivity contribution < 1.29 is 8.42 Å². The lowest BCUT2D eigenvalue weighted by Gasteiger charge is -2.36. The maximum Gasteiger partial charge on any atom is 0.171 e. The first-order valence-electron chi connectivity index (χ1n) is 6.38. The summed E-state index contributed by atoms with van der Waals surface area (Å²) in [6.07, 6.45) is 0. The smallest absolute Gasteiger partial charge is 0.171 e.